The number of nitrogens with zero attached hydrogens (tertiary/aromatic N) is 2. The molecule has 2 aromatic rings. The largest absolute Gasteiger partial charge is 0.490 e. The monoisotopic (exact) mass is 724 g/mol. The summed E-state index contributed by atoms with van der Waals surface area (Å²) in [6.45, 7) is 4.52. The molecule has 8 atom stereocenters. The maximum absolute atomic E-state index is 14.4. The van der Waals surface area contributed by atoms with Gasteiger partial charge in [0.1, 0.15) is 15.7 Å². The average Bonchev–Trinajstić information content (AvgIpc) is 3.82. The van der Waals surface area contributed by atoms with Gasteiger partial charge in [0, 0.05) is 55.3 Å². The summed E-state index contributed by atoms with van der Waals surface area (Å²) in [5.41, 5.74) is 3.43. The van der Waals surface area contributed by atoms with Gasteiger partial charge in [-0.2, -0.15) is 0 Å². The standard InChI is InChI=1S/C38H49ClN4O6S/c1-24-6-4-8-34(48-3)30-12-9-27(30)19-43-22-38(15-5-7-25-16-29(39)11-13-31(25)38)23-49-35-14-10-26(18-33(35)43)36(44)41-50(46,21-24)42-37(45)40-32-17-28(32)20-47-2/h4,8,10-11,13-14,16,18,24,27-28,30,32,34H,5-7,9,12,15,17,19-23H2,1-3H3,(H2,40,41,42,44,45,46)/b8-4+/t24-,27-,28-,30+,32-,34-,38-,50?/m0/s1. The first-order chi connectivity index (χ1) is 24.1. The van der Waals surface area contributed by atoms with Gasteiger partial charge in [-0.3, -0.25) is 9.52 Å². The Kier molecular flexibility index (Phi) is 10.2. The number of hydrogen-bond donors (Lipinski definition) is 2. The summed E-state index contributed by atoms with van der Waals surface area (Å²) in [6.07, 6.45) is 10.7. The summed E-state index contributed by atoms with van der Waals surface area (Å²) in [5, 5.41) is 3.62. The third-order valence-electron chi connectivity index (χ3n) is 11.4. The number of methoxy groups -OCH3 is 2. The lowest BCUT2D eigenvalue weighted by Crippen LogP contribution is -2.49. The van der Waals surface area contributed by atoms with Crippen molar-refractivity contribution in [1.82, 2.24) is 10.0 Å². The van der Waals surface area contributed by atoms with E-state index in [4.69, 9.17) is 25.8 Å². The molecule has 2 N–H and O–H groups in total. The van der Waals surface area contributed by atoms with E-state index in [1.165, 1.54) is 11.1 Å². The van der Waals surface area contributed by atoms with Crippen LogP contribution in [0, 0.1) is 23.7 Å². The Morgan fingerprint density at radius 2 is 2.06 bits per heavy atom. The second kappa shape index (κ2) is 14.5. The van der Waals surface area contributed by atoms with Gasteiger partial charge in [0.05, 0.1) is 30.8 Å². The van der Waals surface area contributed by atoms with E-state index in [0.717, 1.165) is 62.3 Å². The Bertz CT molecular complexity index is 1780. The highest BCUT2D eigenvalue weighted by Crippen LogP contribution is 2.47. The second-order valence-corrected chi connectivity index (χ2v) is 17.5. The zero-order valence-electron chi connectivity index (χ0n) is 29.2. The van der Waals surface area contributed by atoms with Gasteiger partial charge in [-0.25, -0.2) is 9.00 Å². The van der Waals surface area contributed by atoms with E-state index in [2.05, 4.69) is 43.6 Å². The molecular formula is C38H49ClN4O6S. The first-order valence-corrected chi connectivity index (χ1v) is 20.0. The van der Waals surface area contributed by atoms with Crippen molar-refractivity contribution in [3.63, 3.8) is 0 Å². The SMILES string of the molecule is COC[C@@H]1C[C@@H]1NC(=O)NS1(=O)=NC(=O)c2ccc3c(c2)N(C[C@@H]2CC[C@H]2[C@@H](OC)/C=C/C[C@H](C)C1)C[C@@]1(CCCc2cc(Cl)ccc21)CO3. The number of carbonyl (C=O) groups is 2. The molecule has 0 radical (unpaired) electrons. The number of benzene rings is 2. The number of aryl methyl sites for hydroxylation is 1. The summed E-state index contributed by atoms with van der Waals surface area (Å²) in [5.74, 6) is 0.941. The van der Waals surface area contributed by atoms with Gasteiger partial charge in [0.15, 0.2) is 0 Å². The maximum Gasteiger partial charge on any atom is 0.327 e. The van der Waals surface area contributed by atoms with E-state index in [-0.39, 0.29) is 35.1 Å². The molecule has 2 heterocycles. The fourth-order valence-corrected chi connectivity index (χ4v) is 10.6. The molecule has 50 heavy (non-hydrogen) atoms. The molecule has 2 saturated carbocycles. The highest BCUT2D eigenvalue weighted by molar-refractivity contribution is 7.92. The minimum Gasteiger partial charge on any atom is -0.490 e. The second-order valence-electron chi connectivity index (χ2n) is 15.1. The number of nitrogens with one attached hydrogen (secondary N) is 2. The zero-order valence-corrected chi connectivity index (χ0v) is 30.8. The summed E-state index contributed by atoms with van der Waals surface area (Å²) < 4.78 is 39.2. The minimum atomic E-state index is -3.48. The molecular weight excluding hydrogens is 676 g/mol. The van der Waals surface area contributed by atoms with Gasteiger partial charge in [-0.15, -0.1) is 4.36 Å². The van der Waals surface area contributed by atoms with E-state index in [1.807, 2.05) is 25.1 Å². The molecule has 3 amide bonds. The molecule has 270 valence electrons. The molecule has 3 aliphatic carbocycles. The third kappa shape index (κ3) is 7.43. The number of urea groups is 1. The van der Waals surface area contributed by atoms with Crippen molar-refractivity contribution in [2.24, 2.45) is 28.0 Å². The number of carbonyl (C=O) groups excluding carboxylic acids is 2. The van der Waals surface area contributed by atoms with Gasteiger partial charge < -0.3 is 24.4 Å². The normalized spacial score (nSPS) is 34.2. The molecule has 0 saturated heterocycles. The Hall–Kier alpha value is -3.12. The van der Waals surface area contributed by atoms with Crippen molar-refractivity contribution in [3.8, 4) is 5.75 Å². The third-order valence-corrected chi connectivity index (χ3v) is 13.6. The number of ether oxygens (including phenoxy) is 3. The molecule has 10 nitrogen and oxygen atoms in total. The van der Waals surface area contributed by atoms with E-state index in [1.54, 1.807) is 20.3 Å². The predicted molar refractivity (Wildman–Crippen MR) is 195 cm³/mol. The number of allylic oxidation sites excluding steroid dienone is 1. The lowest BCUT2D eigenvalue weighted by atomic mass is 9.68. The average molecular weight is 725 g/mol. The number of rotatable bonds is 5. The number of hydrogen-bond acceptors (Lipinski definition) is 7. The van der Waals surface area contributed by atoms with Crippen molar-refractivity contribution in [2.45, 2.75) is 69.4 Å². The van der Waals surface area contributed by atoms with Crippen LogP contribution < -0.4 is 19.7 Å². The first-order valence-electron chi connectivity index (χ1n) is 17.9. The van der Waals surface area contributed by atoms with Crippen molar-refractivity contribution < 1.29 is 28.0 Å². The molecule has 2 aromatic carbocycles. The first kappa shape index (κ1) is 35.3. The van der Waals surface area contributed by atoms with Gasteiger partial charge >= 0.3 is 6.03 Å². The van der Waals surface area contributed by atoms with Gasteiger partial charge in [0.25, 0.3) is 5.91 Å². The van der Waals surface area contributed by atoms with E-state index in [9.17, 15) is 13.8 Å². The molecule has 2 bridgehead atoms. The van der Waals surface area contributed by atoms with Crippen molar-refractivity contribution in [1.29, 1.82) is 0 Å². The maximum atomic E-state index is 14.4. The molecule has 7 rings (SSSR count). The van der Waals surface area contributed by atoms with Crippen LogP contribution in [0.4, 0.5) is 10.5 Å². The fraction of sp³-hybridized carbons (Fsp3) is 0.579. The number of halogens is 1. The van der Waals surface area contributed by atoms with Gasteiger partial charge in [-0.1, -0.05) is 36.7 Å². The van der Waals surface area contributed by atoms with Gasteiger partial charge in [0.2, 0.25) is 0 Å². The smallest absolute Gasteiger partial charge is 0.327 e. The van der Waals surface area contributed by atoms with Crippen LogP contribution in [0.2, 0.25) is 5.02 Å². The Morgan fingerprint density at radius 3 is 2.84 bits per heavy atom. The van der Waals surface area contributed by atoms with E-state index >= 15 is 0 Å². The van der Waals surface area contributed by atoms with Crippen LogP contribution in [0.1, 0.15) is 66.9 Å². The summed E-state index contributed by atoms with van der Waals surface area (Å²) in [6, 6.07) is 10.9. The van der Waals surface area contributed by atoms with Crippen LogP contribution in [0.5, 0.6) is 5.75 Å². The number of anilines is 1. The highest BCUT2D eigenvalue weighted by Gasteiger charge is 2.44. The van der Waals surface area contributed by atoms with Gasteiger partial charge in [-0.05, 0) is 104 Å². The van der Waals surface area contributed by atoms with E-state index in [0.29, 0.717) is 42.8 Å². The molecule has 5 aliphatic rings. The Balaban J connectivity index is 1.26. The molecule has 2 fully saturated rings. The van der Waals surface area contributed by atoms with Crippen LogP contribution in [-0.4, -0.2) is 74.6 Å². The minimum absolute atomic E-state index is 0.0263. The molecule has 2 aliphatic heterocycles. The lowest BCUT2D eigenvalue weighted by Gasteiger charge is -2.46. The Morgan fingerprint density at radius 1 is 1.20 bits per heavy atom. The summed E-state index contributed by atoms with van der Waals surface area (Å²) in [7, 11) is -0.0843. The van der Waals surface area contributed by atoms with Crippen LogP contribution in [0.3, 0.4) is 0 Å². The van der Waals surface area contributed by atoms with E-state index < -0.39 is 21.9 Å². The van der Waals surface area contributed by atoms with Crippen LogP contribution >= 0.6 is 11.6 Å². The summed E-state index contributed by atoms with van der Waals surface area (Å²) in [4.78, 5) is 29.4. The van der Waals surface area contributed by atoms with Crippen molar-refractivity contribution in [2.75, 3.05) is 51.2 Å². The predicted octanol–water partition coefficient (Wildman–Crippen LogP) is 6.31. The molecule has 12 heteroatoms. The number of fused-ring (bicyclic) bond motifs is 4. The van der Waals surface area contributed by atoms with Crippen molar-refractivity contribution >= 4 is 39.1 Å². The zero-order chi connectivity index (χ0) is 35.0. The molecule has 1 unspecified atom stereocenters. The molecule has 1 spiro atoms. The number of amides is 3. The van der Waals surface area contributed by atoms with Crippen molar-refractivity contribution in [3.05, 3.63) is 70.3 Å². The summed E-state index contributed by atoms with van der Waals surface area (Å²) >= 11 is 6.45. The van der Waals surface area contributed by atoms with Crippen LogP contribution in [-0.2, 0) is 31.2 Å². The topological polar surface area (TPSA) is 119 Å². The highest BCUT2D eigenvalue weighted by atomic mass is 35.5. The fourth-order valence-electron chi connectivity index (χ4n) is 8.53. The van der Waals surface area contributed by atoms with Crippen LogP contribution in [0.15, 0.2) is 52.9 Å². The van der Waals surface area contributed by atoms with Crippen LogP contribution in [0.25, 0.3) is 0 Å². The molecule has 0 aromatic heterocycles. The quantitative estimate of drug-likeness (QED) is 0.347. The Labute approximate surface area is 300 Å². The lowest BCUT2D eigenvalue weighted by molar-refractivity contribution is 0.0131.